The summed E-state index contributed by atoms with van der Waals surface area (Å²) in [5.41, 5.74) is 2.74. The molecule has 0 saturated heterocycles. The largest absolute Gasteiger partial charge is 0.304 e. The molecule has 0 radical (unpaired) electrons. The second kappa shape index (κ2) is 6.85. The van der Waals surface area contributed by atoms with Gasteiger partial charge in [0.25, 0.3) is 5.91 Å². The minimum Gasteiger partial charge on any atom is -0.304 e. The Morgan fingerprint density at radius 1 is 1.04 bits per heavy atom. The van der Waals surface area contributed by atoms with Gasteiger partial charge in [0.1, 0.15) is 5.69 Å². The van der Waals surface area contributed by atoms with Gasteiger partial charge in [-0.1, -0.05) is 41.9 Å². The van der Waals surface area contributed by atoms with Gasteiger partial charge in [0.15, 0.2) is 5.82 Å². The lowest BCUT2D eigenvalue weighted by Gasteiger charge is -2.01. The van der Waals surface area contributed by atoms with Crippen molar-refractivity contribution in [3.05, 3.63) is 83.6 Å². The van der Waals surface area contributed by atoms with Crippen LogP contribution in [0, 0.1) is 0 Å². The number of aromatic amines is 1. The van der Waals surface area contributed by atoms with Crippen molar-refractivity contribution in [2.75, 3.05) is 5.32 Å². The predicted octanol–water partition coefficient (Wildman–Crippen LogP) is 4.17. The number of anilines is 1. The lowest BCUT2D eigenvalue weighted by Crippen LogP contribution is -2.13. The summed E-state index contributed by atoms with van der Waals surface area (Å²) in [4.78, 5) is 12.4. The smallest absolute Gasteiger partial charge is 0.274 e. The normalized spacial score (nSPS) is 10.7. The third-order valence-electron chi connectivity index (χ3n) is 3.79. The van der Waals surface area contributed by atoms with Crippen molar-refractivity contribution in [1.82, 2.24) is 20.0 Å². The Balaban J connectivity index is 1.50. The van der Waals surface area contributed by atoms with E-state index in [1.165, 1.54) is 0 Å². The van der Waals surface area contributed by atoms with E-state index in [4.69, 9.17) is 11.6 Å². The number of nitrogens with zero attached hydrogens (tertiary/aromatic N) is 3. The lowest BCUT2D eigenvalue weighted by atomic mass is 10.1. The van der Waals surface area contributed by atoms with E-state index in [1.54, 1.807) is 35.1 Å². The van der Waals surface area contributed by atoms with Gasteiger partial charge in [-0.05, 0) is 30.3 Å². The van der Waals surface area contributed by atoms with Gasteiger partial charge in [0.05, 0.1) is 11.4 Å². The number of carbonyl (C=O) groups excluding carboxylic acids is 1. The number of halogens is 1. The molecule has 0 saturated carbocycles. The van der Waals surface area contributed by atoms with Crippen LogP contribution in [0.3, 0.4) is 0 Å². The van der Waals surface area contributed by atoms with Gasteiger partial charge >= 0.3 is 0 Å². The zero-order valence-corrected chi connectivity index (χ0v) is 14.3. The van der Waals surface area contributed by atoms with Crippen molar-refractivity contribution in [2.45, 2.75) is 0 Å². The van der Waals surface area contributed by atoms with Crippen LogP contribution < -0.4 is 5.32 Å². The SMILES string of the molecule is O=C(Nc1ccn(-c2ccccc2)n1)c1cc(-c2cccc(Cl)c2)n[nH]1. The number of hydrogen-bond donors (Lipinski definition) is 2. The van der Waals surface area contributed by atoms with E-state index in [2.05, 4.69) is 20.6 Å². The van der Waals surface area contributed by atoms with Gasteiger partial charge in [-0.2, -0.15) is 10.2 Å². The first kappa shape index (κ1) is 16.1. The van der Waals surface area contributed by atoms with Crippen molar-refractivity contribution in [2.24, 2.45) is 0 Å². The predicted molar refractivity (Wildman–Crippen MR) is 101 cm³/mol. The van der Waals surface area contributed by atoms with Crippen LogP contribution in [0.5, 0.6) is 0 Å². The summed E-state index contributed by atoms with van der Waals surface area (Å²) in [6.07, 6.45) is 1.79. The molecule has 2 N–H and O–H groups in total. The van der Waals surface area contributed by atoms with E-state index in [-0.39, 0.29) is 5.91 Å². The van der Waals surface area contributed by atoms with Crippen LogP contribution in [0.15, 0.2) is 72.9 Å². The fourth-order valence-electron chi connectivity index (χ4n) is 2.53. The Labute approximate surface area is 154 Å². The molecule has 7 heteroatoms. The van der Waals surface area contributed by atoms with Crippen molar-refractivity contribution in [3.63, 3.8) is 0 Å². The van der Waals surface area contributed by atoms with Crippen molar-refractivity contribution in [1.29, 1.82) is 0 Å². The highest BCUT2D eigenvalue weighted by molar-refractivity contribution is 6.30. The van der Waals surface area contributed by atoms with Crippen molar-refractivity contribution >= 4 is 23.3 Å². The quantitative estimate of drug-likeness (QED) is 0.571. The standard InChI is InChI=1S/C19H14ClN5O/c20-14-6-4-5-13(11-14)16-12-17(23-22-16)19(26)21-18-9-10-25(24-18)15-7-2-1-3-8-15/h1-12H,(H,22,23)(H,21,24,26). The third-order valence-corrected chi connectivity index (χ3v) is 4.03. The van der Waals surface area contributed by atoms with E-state index < -0.39 is 0 Å². The Hall–Kier alpha value is -3.38. The van der Waals surface area contributed by atoms with Crippen molar-refractivity contribution in [3.8, 4) is 16.9 Å². The molecule has 0 fully saturated rings. The maximum atomic E-state index is 12.4. The Bertz CT molecular complexity index is 1050. The number of aromatic nitrogens is 4. The van der Waals surface area contributed by atoms with E-state index in [0.717, 1.165) is 11.3 Å². The summed E-state index contributed by atoms with van der Waals surface area (Å²) in [6.45, 7) is 0. The molecule has 128 valence electrons. The molecular formula is C19H14ClN5O. The number of benzene rings is 2. The molecule has 0 spiro atoms. The number of nitrogens with one attached hydrogen (secondary N) is 2. The van der Waals surface area contributed by atoms with Gasteiger partial charge in [-0.15, -0.1) is 0 Å². The first-order chi connectivity index (χ1) is 12.7. The van der Waals surface area contributed by atoms with Crippen LogP contribution in [-0.2, 0) is 0 Å². The number of para-hydroxylation sites is 1. The minimum absolute atomic E-state index is 0.316. The van der Waals surface area contributed by atoms with Crippen LogP contribution in [0.1, 0.15) is 10.5 Å². The highest BCUT2D eigenvalue weighted by atomic mass is 35.5. The molecule has 2 aromatic heterocycles. The van der Waals surface area contributed by atoms with Gasteiger partial charge in [0, 0.05) is 22.8 Å². The molecule has 1 amide bonds. The maximum Gasteiger partial charge on any atom is 0.274 e. The summed E-state index contributed by atoms with van der Waals surface area (Å²) < 4.78 is 1.69. The molecule has 0 aliphatic rings. The molecule has 0 bridgehead atoms. The minimum atomic E-state index is -0.316. The molecule has 0 aliphatic carbocycles. The first-order valence-electron chi connectivity index (χ1n) is 7.93. The van der Waals surface area contributed by atoms with Crippen molar-refractivity contribution < 1.29 is 4.79 Å². The molecule has 4 rings (SSSR count). The molecule has 2 aromatic carbocycles. The number of hydrogen-bond acceptors (Lipinski definition) is 3. The lowest BCUT2D eigenvalue weighted by molar-refractivity contribution is 0.102. The number of carbonyl (C=O) groups is 1. The molecule has 0 unspecified atom stereocenters. The van der Waals surface area contributed by atoms with Crippen LogP contribution in [0.2, 0.25) is 5.02 Å². The number of rotatable bonds is 4. The third kappa shape index (κ3) is 3.36. The second-order valence-corrected chi connectivity index (χ2v) is 6.05. The molecule has 0 atom stereocenters. The van der Waals surface area contributed by atoms with E-state index in [0.29, 0.717) is 22.2 Å². The van der Waals surface area contributed by atoms with Gasteiger partial charge in [-0.3, -0.25) is 9.89 Å². The molecule has 2 heterocycles. The van der Waals surface area contributed by atoms with Gasteiger partial charge in [-0.25, -0.2) is 4.68 Å². The monoisotopic (exact) mass is 363 g/mol. The molecule has 4 aromatic rings. The summed E-state index contributed by atoms with van der Waals surface area (Å²) in [7, 11) is 0. The van der Waals surface area contributed by atoms with Crippen LogP contribution in [-0.4, -0.2) is 25.9 Å². The summed E-state index contributed by atoms with van der Waals surface area (Å²) in [5.74, 6) is 0.141. The molecule has 0 aliphatic heterocycles. The highest BCUT2D eigenvalue weighted by Crippen LogP contribution is 2.21. The van der Waals surface area contributed by atoms with Crippen LogP contribution >= 0.6 is 11.6 Å². The average Bonchev–Trinajstić information content (AvgIpc) is 3.32. The fraction of sp³-hybridized carbons (Fsp3) is 0. The topological polar surface area (TPSA) is 75.6 Å². The summed E-state index contributed by atoms with van der Waals surface area (Å²) in [5, 5.41) is 14.6. The number of amides is 1. The first-order valence-corrected chi connectivity index (χ1v) is 8.31. The van der Waals surface area contributed by atoms with Crippen LogP contribution in [0.25, 0.3) is 16.9 Å². The fourth-order valence-corrected chi connectivity index (χ4v) is 2.72. The molecular weight excluding hydrogens is 350 g/mol. The Morgan fingerprint density at radius 3 is 2.69 bits per heavy atom. The highest BCUT2D eigenvalue weighted by Gasteiger charge is 2.13. The summed E-state index contributed by atoms with van der Waals surface area (Å²) >= 11 is 6.00. The van der Waals surface area contributed by atoms with Gasteiger partial charge in [0.2, 0.25) is 0 Å². The molecule has 6 nitrogen and oxygen atoms in total. The molecule has 26 heavy (non-hydrogen) atoms. The van der Waals surface area contributed by atoms with E-state index in [1.807, 2.05) is 42.5 Å². The summed E-state index contributed by atoms with van der Waals surface area (Å²) in [6, 6.07) is 20.4. The average molecular weight is 364 g/mol. The van der Waals surface area contributed by atoms with E-state index in [9.17, 15) is 4.79 Å². The van der Waals surface area contributed by atoms with Gasteiger partial charge < -0.3 is 5.32 Å². The number of H-pyrrole nitrogens is 1. The zero-order chi connectivity index (χ0) is 17.9. The zero-order valence-electron chi connectivity index (χ0n) is 13.6. The Kier molecular flexibility index (Phi) is 4.25. The maximum absolute atomic E-state index is 12.4. The Morgan fingerprint density at radius 2 is 1.88 bits per heavy atom. The second-order valence-electron chi connectivity index (χ2n) is 5.61. The van der Waals surface area contributed by atoms with E-state index >= 15 is 0 Å². The van der Waals surface area contributed by atoms with Crippen LogP contribution in [0.4, 0.5) is 5.82 Å².